The molecule has 4 aromatic rings. The van der Waals surface area contributed by atoms with Crippen LogP contribution in [0.1, 0.15) is 125 Å². The Morgan fingerprint density at radius 1 is 0.524 bits per heavy atom. The van der Waals surface area contributed by atoms with E-state index < -0.39 is 48.5 Å². The van der Waals surface area contributed by atoms with Crippen LogP contribution in [0.25, 0.3) is 0 Å². The molecule has 4 aromatic carbocycles. The van der Waals surface area contributed by atoms with E-state index in [4.69, 9.17) is 9.47 Å². The van der Waals surface area contributed by atoms with Gasteiger partial charge in [0.2, 0.25) is 35.4 Å². The Hall–Kier alpha value is -6.93. The number of carbonyl (C=O) groups excluding carboxylic acids is 7. The number of hydrogen-bond donors (Lipinski definition) is 8. The summed E-state index contributed by atoms with van der Waals surface area (Å²) in [5.74, 6) is -0.728. The molecular formula is C63H86Cl2N10O9. The highest BCUT2D eigenvalue weighted by Crippen LogP contribution is 2.33. The first-order valence-electron chi connectivity index (χ1n) is 29.6. The predicted octanol–water partition coefficient (Wildman–Crippen LogP) is 6.14. The fourth-order valence-corrected chi connectivity index (χ4v) is 11.7. The van der Waals surface area contributed by atoms with Crippen LogP contribution in [0, 0.1) is 0 Å². The Labute approximate surface area is 506 Å². The second-order valence-corrected chi connectivity index (χ2v) is 22.2. The van der Waals surface area contributed by atoms with Gasteiger partial charge in [-0.3, -0.25) is 28.8 Å². The lowest BCUT2D eigenvalue weighted by Crippen LogP contribution is -2.55. The number of benzene rings is 4. The van der Waals surface area contributed by atoms with E-state index in [2.05, 4.69) is 54.7 Å². The quantitative estimate of drug-likeness (QED) is 0.0332. The Morgan fingerprint density at radius 3 is 1.30 bits per heavy atom. The van der Waals surface area contributed by atoms with Crippen LogP contribution in [-0.4, -0.2) is 140 Å². The minimum Gasteiger partial charge on any atom is -0.488 e. The molecule has 0 aromatic heterocycles. The highest BCUT2D eigenvalue weighted by atomic mass is 35.5. The number of unbranched alkanes of at least 4 members (excludes halogenated alkanes) is 2. The average Bonchev–Trinajstić information content (AvgIpc) is 4.31. The van der Waals surface area contributed by atoms with Gasteiger partial charge in [0, 0.05) is 25.9 Å². The number of para-hydroxylation sites is 2. The van der Waals surface area contributed by atoms with Crippen molar-refractivity contribution in [3.8, 4) is 11.5 Å². The summed E-state index contributed by atoms with van der Waals surface area (Å²) >= 11 is 0. The molecule has 0 unspecified atom stereocenters. The first kappa shape index (κ1) is 66.2. The lowest BCUT2D eigenvalue weighted by Gasteiger charge is -2.31. The van der Waals surface area contributed by atoms with Crippen LogP contribution in [-0.2, 0) is 41.6 Å². The van der Waals surface area contributed by atoms with Gasteiger partial charge in [-0.1, -0.05) is 84.9 Å². The normalized spacial score (nSPS) is 21.0. The van der Waals surface area contributed by atoms with Gasteiger partial charge >= 0.3 is 6.03 Å². The maximum Gasteiger partial charge on any atom is 0.314 e. The third kappa shape index (κ3) is 18.0. The second-order valence-electron chi connectivity index (χ2n) is 22.2. The molecule has 4 aliphatic rings. The van der Waals surface area contributed by atoms with Gasteiger partial charge in [0.1, 0.15) is 47.9 Å². The van der Waals surface area contributed by atoms with Crippen LogP contribution in [0.3, 0.4) is 0 Å². The number of fused-ring (bicyclic) bond motifs is 2. The maximum absolute atomic E-state index is 14.7. The van der Waals surface area contributed by atoms with Gasteiger partial charge < -0.3 is 61.8 Å². The van der Waals surface area contributed by atoms with Crippen LogP contribution < -0.4 is 52.0 Å². The number of likely N-dealkylation sites (tertiary alicyclic amines) is 2. The highest BCUT2D eigenvalue weighted by Gasteiger charge is 2.46. The van der Waals surface area contributed by atoms with E-state index >= 15 is 0 Å². The number of hydrogen-bond acceptors (Lipinski definition) is 11. The summed E-state index contributed by atoms with van der Waals surface area (Å²) in [6.07, 6.45) is 7.40. The fraction of sp³-hybridized carbons (Fsp3) is 0.508. The second kappa shape index (κ2) is 32.9. The summed E-state index contributed by atoms with van der Waals surface area (Å²) in [6, 6.07) is 29.4. The van der Waals surface area contributed by atoms with Gasteiger partial charge in [-0.25, -0.2) is 4.79 Å². The van der Waals surface area contributed by atoms with Crippen molar-refractivity contribution < 1.29 is 43.0 Å². The molecule has 2 aliphatic carbocycles. The first-order valence-corrected chi connectivity index (χ1v) is 29.6. The Kier molecular flexibility index (Phi) is 26.0. The SMILES string of the molecule is CN[C@@H](C)C(=O)N[C@@H](CCCCNC(=O)NCCCC[C@H](NC(=O)[C@H](C)NC)C(=O)N1C[C@@H](Oc2ccccc2)C[C@H]1C(=O)N[C@@H]1CCCc2ccccc21)C(=O)N1C[C@@H](Oc2ccccc2)C[C@H]1C(=O)N[C@@H]1CCCc2ccccc21.Cl.Cl. The molecule has 10 atom stereocenters. The number of nitrogens with one attached hydrogen (secondary N) is 8. The lowest BCUT2D eigenvalue weighted by molar-refractivity contribution is -0.142. The van der Waals surface area contributed by atoms with Crippen LogP contribution in [0.4, 0.5) is 4.79 Å². The zero-order chi connectivity index (χ0) is 58.0. The summed E-state index contributed by atoms with van der Waals surface area (Å²) in [4.78, 5) is 101. The van der Waals surface area contributed by atoms with Crippen molar-refractivity contribution in [1.82, 2.24) is 52.3 Å². The van der Waals surface area contributed by atoms with Gasteiger partial charge in [-0.2, -0.15) is 0 Å². The van der Waals surface area contributed by atoms with E-state index in [0.29, 0.717) is 37.2 Å². The van der Waals surface area contributed by atoms with E-state index in [-0.39, 0.29) is 130 Å². The number of aryl methyl sites for hydroxylation is 2. The Balaban J connectivity index is 0.00000566. The standard InChI is InChI=1S/C63H84N10O9.2ClH/c1-41(64-3)57(74)70-53(61(78)72-39-47(81-45-25-7-5-8-26-45)37-55(72)59(76)68-51-33-19-23-43-21-11-13-29-49(43)51)31-15-17-35-66-63(80)67-36-18-16-32-54(71-58(75)42(2)65-4)62(79)73-40-48(82-46-27-9-6-10-28-46)38-56(73)60(77)69-52-34-20-24-44-22-12-14-30-50(44)52;;/h5-14,21-22,25-30,41-42,47-48,51-56,64-65H,15-20,23-24,31-40H2,1-4H3,(H,68,76)(H,69,77)(H,70,74)(H,71,75)(H2,66,67,80);2*1H/t41-,42-,47-,48-,51+,52+,53-,54-,55-,56-;;/m0../s1. The van der Waals surface area contributed by atoms with E-state index in [1.54, 1.807) is 37.7 Å². The van der Waals surface area contributed by atoms with E-state index in [0.717, 1.165) is 49.7 Å². The molecule has 21 heteroatoms. The summed E-state index contributed by atoms with van der Waals surface area (Å²) < 4.78 is 12.7. The van der Waals surface area contributed by atoms with Crippen molar-refractivity contribution in [3.05, 3.63) is 131 Å². The molecule has 8 amide bonds. The molecule has 8 N–H and O–H groups in total. The van der Waals surface area contributed by atoms with Crippen molar-refractivity contribution in [1.29, 1.82) is 0 Å². The van der Waals surface area contributed by atoms with Crippen molar-refractivity contribution >= 4 is 66.3 Å². The van der Waals surface area contributed by atoms with Crippen LogP contribution in [0.15, 0.2) is 109 Å². The Morgan fingerprint density at radius 2 is 0.905 bits per heavy atom. The number of likely N-dealkylation sites (N-methyl/N-ethyl adjacent to an activating group) is 2. The minimum absolute atomic E-state index is 0. The maximum atomic E-state index is 14.7. The average molecular weight is 1200 g/mol. The lowest BCUT2D eigenvalue weighted by atomic mass is 9.87. The van der Waals surface area contributed by atoms with E-state index in [9.17, 15) is 33.6 Å². The number of ether oxygens (including phenoxy) is 2. The largest absolute Gasteiger partial charge is 0.488 e. The predicted molar refractivity (Wildman–Crippen MR) is 327 cm³/mol. The summed E-state index contributed by atoms with van der Waals surface area (Å²) in [6.45, 7) is 4.31. The molecule has 2 fully saturated rings. The molecule has 2 heterocycles. The molecule has 456 valence electrons. The number of urea groups is 1. The third-order valence-electron chi connectivity index (χ3n) is 16.5. The van der Waals surface area contributed by atoms with Crippen molar-refractivity contribution in [2.45, 2.75) is 164 Å². The monoisotopic (exact) mass is 1200 g/mol. The van der Waals surface area contributed by atoms with Gasteiger partial charge in [0.25, 0.3) is 0 Å². The molecule has 2 saturated heterocycles. The molecule has 0 saturated carbocycles. The molecular weight excluding hydrogens is 1110 g/mol. The van der Waals surface area contributed by atoms with Crippen LogP contribution in [0.2, 0.25) is 0 Å². The van der Waals surface area contributed by atoms with Gasteiger partial charge in [0.05, 0.1) is 37.3 Å². The number of halogens is 2. The van der Waals surface area contributed by atoms with Crippen LogP contribution in [0.5, 0.6) is 11.5 Å². The number of carbonyl (C=O) groups is 7. The summed E-state index contributed by atoms with van der Waals surface area (Å²) in [5.41, 5.74) is 4.58. The topological polar surface area (TPSA) is 241 Å². The molecule has 0 spiro atoms. The molecule has 0 radical (unpaired) electrons. The fourth-order valence-electron chi connectivity index (χ4n) is 11.7. The van der Waals surface area contributed by atoms with E-state index in [1.165, 1.54) is 11.1 Å². The molecule has 2 aliphatic heterocycles. The highest BCUT2D eigenvalue weighted by molar-refractivity contribution is 5.95. The first-order chi connectivity index (χ1) is 39.8. The molecule has 8 rings (SSSR count). The van der Waals surface area contributed by atoms with Gasteiger partial charge in [0.15, 0.2) is 0 Å². The van der Waals surface area contributed by atoms with Crippen molar-refractivity contribution in [3.63, 3.8) is 0 Å². The molecule has 0 bridgehead atoms. The van der Waals surface area contributed by atoms with Crippen molar-refractivity contribution in [2.75, 3.05) is 40.3 Å². The smallest absolute Gasteiger partial charge is 0.314 e. The van der Waals surface area contributed by atoms with Crippen molar-refractivity contribution in [2.24, 2.45) is 0 Å². The molecule has 84 heavy (non-hydrogen) atoms. The summed E-state index contributed by atoms with van der Waals surface area (Å²) in [7, 11) is 3.33. The van der Waals surface area contributed by atoms with Gasteiger partial charge in [-0.15, -0.1) is 24.8 Å². The van der Waals surface area contributed by atoms with Crippen LogP contribution >= 0.6 is 24.8 Å². The minimum atomic E-state index is -0.947. The van der Waals surface area contributed by atoms with E-state index in [1.807, 2.05) is 97.1 Å². The zero-order valence-corrected chi connectivity index (χ0v) is 50.4. The number of rotatable bonds is 26. The van der Waals surface area contributed by atoms with Gasteiger partial charge in [-0.05, 0) is 152 Å². The zero-order valence-electron chi connectivity index (χ0n) is 48.8. The summed E-state index contributed by atoms with van der Waals surface area (Å²) in [5, 5.41) is 24.1. The third-order valence-corrected chi connectivity index (χ3v) is 16.5. The Bertz CT molecular complexity index is 2620. The number of nitrogens with zero attached hydrogens (tertiary/aromatic N) is 2. The molecule has 19 nitrogen and oxygen atoms in total. The number of amides is 8.